The minimum atomic E-state index is 0.628. The van der Waals surface area contributed by atoms with Crippen LogP contribution in [0.2, 0.25) is 5.02 Å². The Balaban J connectivity index is 1.52. The zero-order valence-electron chi connectivity index (χ0n) is 13.4. The molecule has 1 saturated carbocycles. The summed E-state index contributed by atoms with van der Waals surface area (Å²) < 4.78 is 6.12. The standard InChI is InChI=1S/C19H26ClNO/c1-21-16-8-9-19(21)18(12-22-11-13-2-3-13)17(10-16)14-4-6-15(20)7-5-14/h4-7,13,16-19H,2-3,8-12H2,1H3/t16?,17-,18-,19-/m1/s1. The van der Waals surface area contributed by atoms with Crippen LogP contribution >= 0.6 is 11.6 Å². The van der Waals surface area contributed by atoms with Gasteiger partial charge in [-0.3, -0.25) is 0 Å². The van der Waals surface area contributed by atoms with Crippen LogP contribution in [0.15, 0.2) is 24.3 Å². The molecule has 4 atom stereocenters. The zero-order valence-corrected chi connectivity index (χ0v) is 14.1. The minimum absolute atomic E-state index is 0.628. The summed E-state index contributed by atoms with van der Waals surface area (Å²) in [4.78, 5) is 2.62. The predicted octanol–water partition coefficient (Wildman–Crippen LogP) is 4.33. The van der Waals surface area contributed by atoms with Gasteiger partial charge < -0.3 is 9.64 Å². The van der Waals surface area contributed by atoms with Crippen LogP contribution in [0.1, 0.15) is 43.6 Å². The summed E-state index contributed by atoms with van der Waals surface area (Å²) >= 11 is 6.07. The summed E-state index contributed by atoms with van der Waals surface area (Å²) in [5, 5.41) is 0.834. The molecule has 2 heterocycles. The minimum Gasteiger partial charge on any atom is -0.381 e. The lowest BCUT2D eigenvalue weighted by Crippen LogP contribution is -2.47. The lowest BCUT2D eigenvalue weighted by Gasteiger charge is -2.43. The van der Waals surface area contributed by atoms with Crippen LogP contribution < -0.4 is 0 Å². The van der Waals surface area contributed by atoms with Crippen molar-refractivity contribution in [2.45, 2.75) is 50.1 Å². The second-order valence-electron chi connectivity index (χ2n) is 7.50. The van der Waals surface area contributed by atoms with Crippen molar-refractivity contribution in [2.75, 3.05) is 20.3 Å². The Kier molecular flexibility index (Phi) is 4.19. The molecule has 1 unspecified atom stereocenters. The Morgan fingerprint density at radius 1 is 1.09 bits per heavy atom. The smallest absolute Gasteiger partial charge is 0.0515 e. The molecule has 2 saturated heterocycles. The number of rotatable bonds is 5. The van der Waals surface area contributed by atoms with Crippen LogP contribution in [-0.4, -0.2) is 37.2 Å². The van der Waals surface area contributed by atoms with Crippen molar-refractivity contribution in [3.05, 3.63) is 34.9 Å². The molecule has 3 heteroatoms. The van der Waals surface area contributed by atoms with Crippen LogP contribution in [0.4, 0.5) is 0 Å². The third kappa shape index (κ3) is 2.93. The van der Waals surface area contributed by atoms with Gasteiger partial charge in [0.15, 0.2) is 0 Å². The van der Waals surface area contributed by atoms with Gasteiger partial charge in [0.05, 0.1) is 6.61 Å². The van der Waals surface area contributed by atoms with Crippen LogP contribution in [0.25, 0.3) is 0 Å². The van der Waals surface area contributed by atoms with Gasteiger partial charge in [0.2, 0.25) is 0 Å². The van der Waals surface area contributed by atoms with Gasteiger partial charge in [-0.25, -0.2) is 0 Å². The van der Waals surface area contributed by atoms with E-state index in [-0.39, 0.29) is 0 Å². The van der Waals surface area contributed by atoms with Gasteiger partial charge in [-0.05, 0) is 68.7 Å². The number of piperidine rings is 1. The maximum absolute atomic E-state index is 6.12. The maximum atomic E-state index is 6.12. The number of ether oxygens (including phenoxy) is 1. The molecule has 2 bridgehead atoms. The highest BCUT2D eigenvalue weighted by Crippen LogP contribution is 2.46. The number of nitrogens with zero attached hydrogens (tertiary/aromatic N) is 1. The third-order valence-electron chi connectivity index (χ3n) is 6.09. The number of hydrogen-bond acceptors (Lipinski definition) is 2. The molecule has 1 aliphatic carbocycles. The summed E-state index contributed by atoms with van der Waals surface area (Å²) in [6, 6.07) is 9.99. The van der Waals surface area contributed by atoms with Crippen LogP contribution in [0, 0.1) is 11.8 Å². The van der Waals surface area contributed by atoms with Gasteiger partial charge in [-0.1, -0.05) is 23.7 Å². The van der Waals surface area contributed by atoms with Gasteiger partial charge >= 0.3 is 0 Å². The normalized spacial score (nSPS) is 35.0. The van der Waals surface area contributed by atoms with Gasteiger partial charge in [-0.2, -0.15) is 0 Å². The molecule has 3 fully saturated rings. The third-order valence-corrected chi connectivity index (χ3v) is 6.34. The van der Waals surface area contributed by atoms with E-state index in [0.29, 0.717) is 17.9 Å². The number of benzene rings is 1. The topological polar surface area (TPSA) is 12.5 Å². The van der Waals surface area contributed by atoms with Crippen LogP contribution in [0.5, 0.6) is 0 Å². The molecular weight excluding hydrogens is 294 g/mol. The van der Waals surface area contributed by atoms with E-state index in [1.807, 2.05) is 12.1 Å². The van der Waals surface area contributed by atoms with Crippen LogP contribution in [0.3, 0.4) is 0 Å². The summed E-state index contributed by atoms with van der Waals surface area (Å²) in [6.45, 7) is 1.90. The molecule has 0 spiro atoms. The molecule has 2 aliphatic heterocycles. The Labute approximate surface area is 138 Å². The molecule has 0 aromatic heterocycles. The SMILES string of the molecule is CN1C2CC[C@@H]1[C@H](COCC1CC1)[C@@H](c1ccc(Cl)cc1)C2. The zero-order chi connectivity index (χ0) is 15.1. The van der Waals surface area contributed by atoms with E-state index in [1.54, 1.807) is 0 Å². The molecule has 2 nitrogen and oxygen atoms in total. The monoisotopic (exact) mass is 319 g/mol. The summed E-state index contributed by atoms with van der Waals surface area (Å²) in [7, 11) is 2.31. The highest BCUT2D eigenvalue weighted by atomic mass is 35.5. The lowest BCUT2D eigenvalue weighted by molar-refractivity contribution is 0.0176. The van der Waals surface area contributed by atoms with Crippen molar-refractivity contribution in [1.29, 1.82) is 0 Å². The average molecular weight is 320 g/mol. The molecule has 0 N–H and O–H groups in total. The van der Waals surface area contributed by atoms with E-state index in [2.05, 4.69) is 24.1 Å². The number of fused-ring (bicyclic) bond motifs is 2. The van der Waals surface area contributed by atoms with E-state index < -0.39 is 0 Å². The lowest BCUT2D eigenvalue weighted by atomic mass is 9.76. The molecule has 0 radical (unpaired) electrons. The largest absolute Gasteiger partial charge is 0.381 e. The fourth-order valence-corrected chi connectivity index (χ4v) is 4.68. The first kappa shape index (κ1) is 15.0. The number of halogens is 1. The van der Waals surface area contributed by atoms with E-state index in [9.17, 15) is 0 Å². The summed E-state index contributed by atoms with van der Waals surface area (Å²) in [5.41, 5.74) is 1.45. The van der Waals surface area contributed by atoms with Gasteiger partial charge in [-0.15, -0.1) is 0 Å². The summed E-state index contributed by atoms with van der Waals surface area (Å²) in [5.74, 6) is 2.11. The molecule has 0 amide bonds. The molecule has 3 aliphatic rings. The van der Waals surface area contributed by atoms with Crippen molar-refractivity contribution in [3.63, 3.8) is 0 Å². The molecule has 4 rings (SSSR count). The fraction of sp³-hybridized carbons (Fsp3) is 0.684. The van der Waals surface area contributed by atoms with Gasteiger partial charge in [0, 0.05) is 29.6 Å². The van der Waals surface area contributed by atoms with Crippen molar-refractivity contribution in [3.8, 4) is 0 Å². The van der Waals surface area contributed by atoms with Crippen molar-refractivity contribution in [2.24, 2.45) is 11.8 Å². The molecule has 22 heavy (non-hydrogen) atoms. The van der Waals surface area contributed by atoms with Crippen molar-refractivity contribution >= 4 is 11.6 Å². The highest BCUT2D eigenvalue weighted by Gasteiger charge is 2.45. The second-order valence-corrected chi connectivity index (χ2v) is 7.94. The number of hydrogen-bond donors (Lipinski definition) is 0. The Hall–Kier alpha value is -0.570. The molecular formula is C19H26ClNO. The van der Waals surface area contributed by atoms with Crippen molar-refractivity contribution in [1.82, 2.24) is 4.90 Å². The maximum Gasteiger partial charge on any atom is 0.0515 e. The van der Waals surface area contributed by atoms with E-state index >= 15 is 0 Å². The summed E-state index contributed by atoms with van der Waals surface area (Å²) in [6.07, 6.45) is 6.70. The van der Waals surface area contributed by atoms with Gasteiger partial charge in [0.1, 0.15) is 0 Å². The molecule has 1 aromatic rings. The van der Waals surface area contributed by atoms with E-state index in [1.165, 1.54) is 37.7 Å². The van der Waals surface area contributed by atoms with Crippen molar-refractivity contribution < 1.29 is 4.74 Å². The van der Waals surface area contributed by atoms with E-state index in [4.69, 9.17) is 16.3 Å². The van der Waals surface area contributed by atoms with E-state index in [0.717, 1.165) is 30.2 Å². The Morgan fingerprint density at radius 3 is 2.59 bits per heavy atom. The highest BCUT2D eigenvalue weighted by molar-refractivity contribution is 6.30. The fourth-order valence-electron chi connectivity index (χ4n) is 4.55. The average Bonchev–Trinajstić information content (AvgIpc) is 3.29. The molecule has 1 aromatic carbocycles. The molecule has 120 valence electrons. The van der Waals surface area contributed by atoms with Gasteiger partial charge in [0.25, 0.3) is 0 Å². The first-order chi connectivity index (χ1) is 10.7. The first-order valence-electron chi connectivity index (χ1n) is 8.77. The first-order valence-corrected chi connectivity index (χ1v) is 9.15. The predicted molar refractivity (Wildman–Crippen MR) is 90.4 cm³/mol. The second kappa shape index (κ2) is 6.14. The Morgan fingerprint density at radius 2 is 1.86 bits per heavy atom. The Bertz CT molecular complexity index is 513. The van der Waals surface area contributed by atoms with Crippen LogP contribution in [-0.2, 0) is 4.74 Å². The quantitative estimate of drug-likeness (QED) is 0.801.